The first-order valence-electron chi connectivity index (χ1n) is 10.4. The smallest absolute Gasteiger partial charge is 0.259 e. The van der Waals surface area contributed by atoms with Crippen LogP contribution in [0.5, 0.6) is 0 Å². The summed E-state index contributed by atoms with van der Waals surface area (Å²) in [6, 6.07) is 13.0. The number of fused-ring (bicyclic) bond motifs is 1. The average Bonchev–Trinajstić information content (AvgIpc) is 3.24. The maximum absolute atomic E-state index is 13.6. The Kier molecular flexibility index (Phi) is 3.74. The van der Waals surface area contributed by atoms with Crippen LogP contribution in [0.4, 0.5) is 5.69 Å². The molecule has 1 N–H and O–H groups in total. The van der Waals surface area contributed by atoms with Gasteiger partial charge in [0, 0.05) is 42.5 Å². The zero-order valence-electron chi connectivity index (χ0n) is 17.5. The summed E-state index contributed by atoms with van der Waals surface area (Å²) in [5.74, 6) is -1.38. The molecule has 0 spiro atoms. The molecule has 0 fully saturated rings. The third-order valence-corrected chi connectivity index (χ3v) is 6.44. The Hall–Kier alpha value is -4.13. The van der Waals surface area contributed by atoms with Crippen LogP contribution >= 0.6 is 0 Å². The molecule has 4 aromatic rings. The summed E-state index contributed by atoms with van der Waals surface area (Å²) in [6.07, 6.45) is 3.41. The number of hydrogen-bond donors (Lipinski definition) is 1. The predicted octanol–water partition coefficient (Wildman–Crippen LogP) is 3.48. The van der Waals surface area contributed by atoms with E-state index in [9.17, 15) is 14.4 Å². The van der Waals surface area contributed by atoms with Crippen molar-refractivity contribution in [2.24, 2.45) is 7.05 Å². The largest absolute Gasteiger partial charge is 0.464 e. The molecule has 7 heteroatoms. The summed E-state index contributed by atoms with van der Waals surface area (Å²) in [4.78, 5) is 40.4. The van der Waals surface area contributed by atoms with E-state index in [1.165, 1.54) is 18.1 Å². The minimum Gasteiger partial charge on any atom is -0.464 e. The topological polar surface area (TPSA) is 84.6 Å². The first-order valence-corrected chi connectivity index (χ1v) is 10.4. The standard InChI is InChI=1S/C25H19N3O4/c1-13(29)28-11-18-23(25(28)31)21(16-12-32-20-9-4-3-6-14(20)24(16)30)15-10-27(2)19-8-5-7-17(26-18)22(15)19/h3-10,12,21,26H,11H2,1-2H3. The summed E-state index contributed by atoms with van der Waals surface area (Å²) in [7, 11) is 1.94. The number of nitrogens with one attached hydrogen (secondary N) is 1. The second kappa shape index (κ2) is 6.43. The molecule has 0 aliphatic carbocycles. The van der Waals surface area contributed by atoms with Crippen molar-refractivity contribution >= 4 is 39.4 Å². The normalized spacial score (nSPS) is 17.6. The lowest BCUT2D eigenvalue weighted by atomic mass is 9.84. The molecule has 2 aromatic carbocycles. The molecule has 158 valence electrons. The number of benzene rings is 2. The van der Waals surface area contributed by atoms with Crippen LogP contribution < -0.4 is 10.7 Å². The van der Waals surface area contributed by atoms with Gasteiger partial charge >= 0.3 is 0 Å². The van der Waals surface area contributed by atoms with Crippen LogP contribution in [-0.2, 0) is 16.6 Å². The van der Waals surface area contributed by atoms with Crippen LogP contribution in [0.2, 0.25) is 0 Å². The first kappa shape index (κ1) is 18.6. The SMILES string of the molecule is CC(=O)N1CC2=C(C1=O)C(c1coc3ccccc3c1=O)c1cn(C)c3cccc(c13)N2. The molecular weight excluding hydrogens is 406 g/mol. The lowest BCUT2D eigenvalue weighted by molar-refractivity contribution is -0.139. The molecule has 32 heavy (non-hydrogen) atoms. The lowest BCUT2D eigenvalue weighted by Gasteiger charge is -2.18. The fourth-order valence-electron chi connectivity index (χ4n) is 4.98. The number of aromatic nitrogens is 1. The molecule has 1 unspecified atom stereocenters. The van der Waals surface area contributed by atoms with E-state index in [2.05, 4.69) is 5.32 Å². The molecule has 0 bridgehead atoms. The minimum atomic E-state index is -0.664. The Labute approximate surface area is 182 Å². The molecule has 2 aliphatic rings. The van der Waals surface area contributed by atoms with Gasteiger partial charge in [0.2, 0.25) is 5.91 Å². The van der Waals surface area contributed by atoms with Gasteiger partial charge in [-0.2, -0.15) is 0 Å². The number of hydrogen-bond acceptors (Lipinski definition) is 5. The lowest BCUT2D eigenvalue weighted by Crippen LogP contribution is -2.33. The Balaban J connectivity index is 1.70. The summed E-state index contributed by atoms with van der Waals surface area (Å²) in [5.41, 5.74) is 4.38. The Morgan fingerprint density at radius 3 is 2.72 bits per heavy atom. The molecular formula is C25H19N3O4. The zero-order valence-corrected chi connectivity index (χ0v) is 17.5. The summed E-state index contributed by atoms with van der Waals surface area (Å²) >= 11 is 0. The highest BCUT2D eigenvalue weighted by Crippen LogP contribution is 2.45. The van der Waals surface area contributed by atoms with Crippen molar-refractivity contribution in [1.29, 1.82) is 0 Å². The van der Waals surface area contributed by atoms with Gasteiger partial charge in [-0.25, -0.2) is 0 Å². The van der Waals surface area contributed by atoms with Gasteiger partial charge in [0.1, 0.15) is 5.58 Å². The molecule has 2 aliphatic heterocycles. The van der Waals surface area contributed by atoms with E-state index in [-0.39, 0.29) is 23.8 Å². The molecule has 0 saturated carbocycles. The van der Waals surface area contributed by atoms with E-state index in [1.54, 1.807) is 18.2 Å². The molecule has 4 heterocycles. The van der Waals surface area contributed by atoms with Crippen LogP contribution in [-0.4, -0.2) is 27.8 Å². The second-order valence-electron chi connectivity index (χ2n) is 8.27. The van der Waals surface area contributed by atoms with Crippen molar-refractivity contribution in [2.45, 2.75) is 12.8 Å². The van der Waals surface area contributed by atoms with E-state index in [4.69, 9.17) is 4.42 Å². The molecule has 2 aromatic heterocycles. The van der Waals surface area contributed by atoms with Gasteiger partial charge in [-0.05, 0) is 29.8 Å². The van der Waals surface area contributed by atoms with Crippen molar-refractivity contribution in [2.75, 3.05) is 11.9 Å². The quantitative estimate of drug-likeness (QED) is 0.505. The van der Waals surface area contributed by atoms with Gasteiger partial charge in [0.15, 0.2) is 5.43 Å². The monoisotopic (exact) mass is 425 g/mol. The van der Waals surface area contributed by atoms with Gasteiger partial charge in [-0.1, -0.05) is 18.2 Å². The molecule has 7 nitrogen and oxygen atoms in total. The Bertz CT molecular complexity index is 1570. The maximum Gasteiger partial charge on any atom is 0.259 e. The summed E-state index contributed by atoms with van der Waals surface area (Å²) < 4.78 is 7.81. The van der Waals surface area contributed by atoms with E-state index in [0.717, 1.165) is 22.2 Å². The highest BCUT2D eigenvalue weighted by atomic mass is 16.3. The third kappa shape index (κ3) is 2.39. The number of anilines is 1. The zero-order chi connectivity index (χ0) is 22.1. The highest BCUT2D eigenvalue weighted by molar-refractivity contribution is 6.11. The fourth-order valence-corrected chi connectivity index (χ4v) is 4.98. The van der Waals surface area contributed by atoms with Crippen LogP contribution in [0.25, 0.3) is 21.9 Å². The van der Waals surface area contributed by atoms with Gasteiger partial charge in [0.05, 0.1) is 35.2 Å². The van der Waals surface area contributed by atoms with E-state index in [1.807, 2.05) is 42.1 Å². The highest BCUT2D eigenvalue weighted by Gasteiger charge is 2.42. The van der Waals surface area contributed by atoms with Crippen molar-refractivity contribution in [3.63, 3.8) is 0 Å². The Morgan fingerprint density at radius 1 is 1.09 bits per heavy atom. The first-order chi connectivity index (χ1) is 15.5. The van der Waals surface area contributed by atoms with E-state index in [0.29, 0.717) is 27.8 Å². The number of nitrogens with zero attached hydrogens (tertiary/aromatic N) is 2. The number of carbonyl (C=O) groups is 2. The van der Waals surface area contributed by atoms with Gasteiger partial charge in [-0.15, -0.1) is 0 Å². The summed E-state index contributed by atoms with van der Waals surface area (Å²) in [5, 5.41) is 4.79. The molecule has 0 radical (unpaired) electrons. The Morgan fingerprint density at radius 2 is 1.91 bits per heavy atom. The van der Waals surface area contributed by atoms with E-state index >= 15 is 0 Å². The molecule has 2 amide bonds. The minimum absolute atomic E-state index is 0.145. The van der Waals surface area contributed by atoms with Crippen molar-refractivity contribution in [3.05, 3.63) is 87.5 Å². The average molecular weight is 425 g/mol. The van der Waals surface area contributed by atoms with Crippen LogP contribution in [0.3, 0.4) is 0 Å². The number of rotatable bonds is 1. The van der Waals surface area contributed by atoms with Crippen molar-refractivity contribution in [1.82, 2.24) is 9.47 Å². The number of para-hydroxylation sites is 1. The molecule has 0 saturated heterocycles. The van der Waals surface area contributed by atoms with Crippen LogP contribution in [0, 0.1) is 0 Å². The van der Waals surface area contributed by atoms with Crippen molar-refractivity contribution < 1.29 is 14.0 Å². The van der Waals surface area contributed by atoms with Gasteiger partial charge < -0.3 is 14.3 Å². The fraction of sp³-hybridized carbons (Fsp3) is 0.160. The van der Waals surface area contributed by atoms with Gasteiger partial charge in [-0.3, -0.25) is 19.3 Å². The number of amides is 2. The van der Waals surface area contributed by atoms with E-state index < -0.39 is 5.92 Å². The third-order valence-electron chi connectivity index (χ3n) is 6.44. The van der Waals surface area contributed by atoms with Crippen LogP contribution in [0.15, 0.2) is 75.4 Å². The van der Waals surface area contributed by atoms with Crippen LogP contribution in [0.1, 0.15) is 24.0 Å². The predicted molar refractivity (Wildman–Crippen MR) is 120 cm³/mol. The van der Waals surface area contributed by atoms with Gasteiger partial charge in [0.25, 0.3) is 5.91 Å². The maximum atomic E-state index is 13.6. The number of imide groups is 1. The second-order valence-corrected chi connectivity index (χ2v) is 8.27. The molecule has 6 rings (SSSR count). The summed E-state index contributed by atoms with van der Waals surface area (Å²) in [6.45, 7) is 1.52. The number of carbonyl (C=O) groups excluding carboxylic acids is 2. The number of aryl methyl sites for hydroxylation is 1. The van der Waals surface area contributed by atoms with Crippen molar-refractivity contribution in [3.8, 4) is 0 Å². The molecule has 1 atom stereocenters.